The van der Waals surface area contributed by atoms with E-state index in [9.17, 15) is 15.0 Å². The predicted molar refractivity (Wildman–Crippen MR) is 136 cm³/mol. The molecule has 34 heavy (non-hydrogen) atoms. The third kappa shape index (κ3) is 5.58. The van der Waals surface area contributed by atoms with Crippen LogP contribution in [0.15, 0.2) is 47.1 Å². The first-order valence-electron chi connectivity index (χ1n) is 13.2. The molecule has 0 aromatic heterocycles. The number of carbonyl (C=O) groups excluding carboxylic acids is 1. The van der Waals surface area contributed by atoms with E-state index in [1.165, 1.54) is 30.4 Å². The van der Waals surface area contributed by atoms with Gasteiger partial charge in [0.2, 0.25) is 5.91 Å². The molecule has 0 spiro atoms. The summed E-state index contributed by atoms with van der Waals surface area (Å²) in [7, 11) is 0. The van der Waals surface area contributed by atoms with Crippen LogP contribution < -0.4 is 0 Å². The Morgan fingerprint density at radius 2 is 2.03 bits per heavy atom. The fourth-order valence-corrected chi connectivity index (χ4v) is 6.24. The molecular weight excluding hydrogens is 426 g/mol. The normalized spacial score (nSPS) is 34.0. The SMILES string of the molecule is C=C1C(=CC=C2CCC[C@]3(C)C(CC)=CCC23)CC(O)(ON(CC(CC)CC)C(C)=O)C[C@@H]1O. The summed E-state index contributed by atoms with van der Waals surface area (Å²) in [5.74, 6) is -1.06. The van der Waals surface area contributed by atoms with Gasteiger partial charge in [0.15, 0.2) is 5.79 Å². The second kappa shape index (κ2) is 10.9. The van der Waals surface area contributed by atoms with Crippen molar-refractivity contribution in [2.75, 3.05) is 6.54 Å². The van der Waals surface area contributed by atoms with Gasteiger partial charge in [-0.05, 0) is 60.5 Å². The average Bonchev–Trinajstić information content (AvgIpc) is 3.14. The fourth-order valence-electron chi connectivity index (χ4n) is 6.24. The molecule has 4 atom stereocenters. The zero-order chi connectivity index (χ0) is 25.1. The van der Waals surface area contributed by atoms with Crippen molar-refractivity contribution in [3.05, 3.63) is 47.1 Å². The van der Waals surface area contributed by atoms with E-state index >= 15 is 0 Å². The van der Waals surface area contributed by atoms with Crippen LogP contribution in [0.25, 0.3) is 0 Å². The molecule has 5 heteroatoms. The summed E-state index contributed by atoms with van der Waals surface area (Å²) in [5, 5.41) is 23.3. The third-order valence-corrected chi connectivity index (χ3v) is 8.59. The van der Waals surface area contributed by atoms with Gasteiger partial charge in [-0.2, -0.15) is 0 Å². The maximum atomic E-state index is 12.3. The maximum absolute atomic E-state index is 12.3. The molecule has 0 heterocycles. The van der Waals surface area contributed by atoms with Crippen molar-refractivity contribution in [2.24, 2.45) is 17.3 Å². The highest BCUT2D eigenvalue weighted by Gasteiger charge is 2.44. The molecule has 3 aliphatic carbocycles. The number of aliphatic hydroxyl groups is 2. The van der Waals surface area contributed by atoms with Gasteiger partial charge < -0.3 is 10.2 Å². The first kappa shape index (κ1) is 26.9. The minimum absolute atomic E-state index is 0.00306. The van der Waals surface area contributed by atoms with Crippen molar-refractivity contribution < 1.29 is 19.8 Å². The predicted octanol–water partition coefficient (Wildman–Crippen LogP) is 6.00. The second-order valence-corrected chi connectivity index (χ2v) is 10.8. The van der Waals surface area contributed by atoms with Crippen LogP contribution >= 0.6 is 0 Å². The molecule has 0 aliphatic heterocycles. The summed E-state index contributed by atoms with van der Waals surface area (Å²) in [6.45, 7) is 14.8. The number of hydroxylamine groups is 2. The number of amides is 1. The van der Waals surface area contributed by atoms with E-state index < -0.39 is 11.9 Å². The van der Waals surface area contributed by atoms with E-state index in [-0.39, 0.29) is 24.2 Å². The van der Waals surface area contributed by atoms with Crippen molar-refractivity contribution >= 4 is 5.91 Å². The van der Waals surface area contributed by atoms with Crippen LogP contribution in [0.1, 0.15) is 92.4 Å². The van der Waals surface area contributed by atoms with Crippen molar-refractivity contribution in [1.29, 1.82) is 0 Å². The Morgan fingerprint density at radius 1 is 1.32 bits per heavy atom. The standard InChI is InChI=1S/C29H45NO4/c1-7-22(8-2)19-30(21(5)31)34-29(33)17-24(20(4)27(32)18-29)13-12-23-11-10-16-28(6)25(9-3)14-15-26(23)28/h12-14,22,26-27,32-33H,4,7-11,15-19H2,1-3,5-6H3/t26?,27-,28+,29?/m0/s1. The van der Waals surface area contributed by atoms with Crippen LogP contribution in [0.5, 0.6) is 0 Å². The van der Waals surface area contributed by atoms with E-state index in [4.69, 9.17) is 4.84 Å². The topological polar surface area (TPSA) is 70.0 Å². The number of hydrogen-bond donors (Lipinski definition) is 2. The molecule has 1 amide bonds. The van der Waals surface area contributed by atoms with Crippen LogP contribution in [0.3, 0.4) is 0 Å². The Hall–Kier alpha value is -1.69. The van der Waals surface area contributed by atoms with Crippen molar-refractivity contribution in [3.8, 4) is 0 Å². The number of rotatable bonds is 8. The number of allylic oxidation sites excluding steroid dienone is 5. The molecule has 2 unspecified atom stereocenters. The molecule has 0 bridgehead atoms. The largest absolute Gasteiger partial charge is 0.388 e. The lowest BCUT2D eigenvalue weighted by atomic mass is 9.64. The van der Waals surface area contributed by atoms with Crippen LogP contribution in [-0.2, 0) is 9.63 Å². The lowest BCUT2D eigenvalue weighted by molar-refractivity contribution is -0.327. The fraction of sp³-hybridized carbons (Fsp3) is 0.690. The summed E-state index contributed by atoms with van der Waals surface area (Å²) in [6.07, 6.45) is 13.5. The van der Waals surface area contributed by atoms with Crippen molar-refractivity contribution in [3.63, 3.8) is 0 Å². The van der Waals surface area contributed by atoms with Crippen LogP contribution in [0, 0.1) is 17.3 Å². The monoisotopic (exact) mass is 471 g/mol. The van der Waals surface area contributed by atoms with Gasteiger partial charge in [0, 0.05) is 19.8 Å². The van der Waals surface area contributed by atoms with Gasteiger partial charge in [0.25, 0.3) is 0 Å². The lowest BCUT2D eigenvalue weighted by Gasteiger charge is -2.41. The smallest absolute Gasteiger partial charge is 0.243 e. The minimum atomic E-state index is -1.64. The van der Waals surface area contributed by atoms with Crippen molar-refractivity contribution in [2.45, 2.75) is 104 Å². The zero-order valence-electron chi connectivity index (χ0n) is 21.9. The summed E-state index contributed by atoms with van der Waals surface area (Å²) in [6, 6.07) is 0. The molecule has 190 valence electrons. The first-order chi connectivity index (χ1) is 16.1. The van der Waals surface area contributed by atoms with Crippen LogP contribution in [-0.4, -0.2) is 39.6 Å². The minimum Gasteiger partial charge on any atom is -0.388 e. The van der Waals surface area contributed by atoms with Gasteiger partial charge in [-0.3, -0.25) is 4.79 Å². The third-order valence-electron chi connectivity index (χ3n) is 8.59. The Bertz CT molecular complexity index is 867. The summed E-state index contributed by atoms with van der Waals surface area (Å²) in [5.41, 5.74) is 4.68. The quantitative estimate of drug-likeness (QED) is 0.259. The van der Waals surface area contributed by atoms with Gasteiger partial charge in [-0.15, -0.1) is 0 Å². The molecule has 0 aromatic carbocycles. The van der Waals surface area contributed by atoms with E-state index in [2.05, 4.69) is 46.4 Å². The average molecular weight is 472 g/mol. The van der Waals surface area contributed by atoms with E-state index in [1.54, 1.807) is 5.57 Å². The van der Waals surface area contributed by atoms with Gasteiger partial charge in [0.1, 0.15) is 0 Å². The maximum Gasteiger partial charge on any atom is 0.243 e. The van der Waals surface area contributed by atoms with Gasteiger partial charge >= 0.3 is 0 Å². The number of fused-ring (bicyclic) bond motifs is 1. The van der Waals surface area contributed by atoms with E-state index in [0.29, 0.717) is 24.0 Å². The Kier molecular flexibility index (Phi) is 8.65. The Labute approximate surface area is 206 Å². The summed E-state index contributed by atoms with van der Waals surface area (Å²) < 4.78 is 0. The molecule has 3 aliphatic rings. The molecular formula is C29H45NO4. The zero-order valence-corrected chi connectivity index (χ0v) is 21.9. The van der Waals surface area contributed by atoms with Crippen LogP contribution in [0.2, 0.25) is 0 Å². The molecule has 2 N–H and O–H groups in total. The summed E-state index contributed by atoms with van der Waals surface area (Å²) >= 11 is 0. The second-order valence-electron chi connectivity index (χ2n) is 10.8. The van der Waals surface area contributed by atoms with E-state index in [1.807, 2.05) is 6.08 Å². The highest BCUT2D eigenvalue weighted by atomic mass is 16.8. The number of carbonyl (C=O) groups is 1. The van der Waals surface area contributed by atoms with Gasteiger partial charge in [-0.1, -0.05) is 76.5 Å². The first-order valence-corrected chi connectivity index (χ1v) is 13.2. The Balaban J connectivity index is 1.81. The molecule has 0 aromatic rings. The highest BCUT2D eigenvalue weighted by molar-refractivity contribution is 5.72. The number of aliphatic hydroxyl groups excluding tert-OH is 1. The lowest BCUT2D eigenvalue weighted by Crippen LogP contribution is -2.48. The highest BCUT2D eigenvalue weighted by Crippen LogP contribution is 2.55. The van der Waals surface area contributed by atoms with Crippen LogP contribution in [0.4, 0.5) is 0 Å². The van der Waals surface area contributed by atoms with Crippen molar-refractivity contribution in [1.82, 2.24) is 5.06 Å². The molecule has 2 fully saturated rings. The number of nitrogens with zero attached hydrogens (tertiary/aromatic N) is 1. The molecule has 0 radical (unpaired) electrons. The molecule has 5 nitrogen and oxygen atoms in total. The van der Waals surface area contributed by atoms with Gasteiger partial charge in [-0.25, -0.2) is 9.90 Å². The molecule has 2 saturated carbocycles. The van der Waals surface area contributed by atoms with Gasteiger partial charge in [0.05, 0.1) is 12.6 Å². The molecule has 3 rings (SSSR count). The Morgan fingerprint density at radius 3 is 2.65 bits per heavy atom. The number of hydrogen-bond acceptors (Lipinski definition) is 4. The summed E-state index contributed by atoms with van der Waals surface area (Å²) in [4.78, 5) is 18.2. The molecule has 0 saturated heterocycles. The van der Waals surface area contributed by atoms with E-state index in [0.717, 1.165) is 37.7 Å².